The summed E-state index contributed by atoms with van der Waals surface area (Å²) in [6, 6.07) is 25.8. The molecule has 0 saturated heterocycles. The van der Waals surface area contributed by atoms with E-state index in [1.807, 2.05) is 66.7 Å². The standard InChI is InChI=1S/C25H17Cl2N5O2/c26-18-12-10-17(11-13-18)20-14-22-28-29-24(31(25(33)34)15-16-6-2-1-3-7-16)32(22)30-23(20)19-8-4-5-9-21(19)27/h1-14H,15H2,(H,33,34). The highest BCUT2D eigenvalue weighted by molar-refractivity contribution is 6.33. The van der Waals surface area contributed by atoms with Gasteiger partial charge in [0.25, 0.3) is 5.95 Å². The van der Waals surface area contributed by atoms with Crippen LogP contribution in [0.15, 0.2) is 84.9 Å². The summed E-state index contributed by atoms with van der Waals surface area (Å²) >= 11 is 12.6. The molecule has 0 unspecified atom stereocenters. The van der Waals surface area contributed by atoms with Crippen molar-refractivity contribution in [1.82, 2.24) is 19.8 Å². The van der Waals surface area contributed by atoms with Gasteiger partial charge in [0.2, 0.25) is 0 Å². The van der Waals surface area contributed by atoms with Gasteiger partial charge in [-0.25, -0.2) is 9.69 Å². The number of amides is 1. The number of carbonyl (C=O) groups is 1. The van der Waals surface area contributed by atoms with Crippen LogP contribution in [0.25, 0.3) is 28.0 Å². The van der Waals surface area contributed by atoms with E-state index in [9.17, 15) is 9.90 Å². The van der Waals surface area contributed by atoms with Crippen molar-refractivity contribution in [2.45, 2.75) is 6.54 Å². The molecule has 0 bridgehead atoms. The summed E-state index contributed by atoms with van der Waals surface area (Å²) in [6.07, 6.45) is -1.17. The number of benzene rings is 3. The van der Waals surface area contributed by atoms with E-state index in [-0.39, 0.29) is 12.5 Å². The number of rotatable bonds is 5. The zero-order chi connectivity index (χ0) is 23.7. The normalized spacial score (nSPS) is 11.0. The third kappa shape index (κ3) is 4.19. The molecule has 0 aliphatic heterocycles. The Kier molecular flexibility index (Phi) is 5.88. The summed E-state index contributed by atoms with van der Waals surface area (Å²) < 4.78 is 1.43. The second-order valence-electron chi connectivity index (χ2n) is 7.52. The van der Waals surface area contributed by atoms with Crippen LogP contribution in [0, 0.1) is 0 Å². The molecule has 0 aliphatic rings. The highest BCUT2D eigenvalue weighted by atomic mass is 35.5. The van der Waals surface area contributed by atoms with E-state index < -0.39 is 6.09 Å². The van der Waals surface area contributed by atoms with Crippen molar-refractivity contribution in [2.24, 2.45) is 0 Å². The molecular formula is C25H17Cl2N5O2. The molecule has 9 heteroatoms. The van der Waals surface area contributed by atoms with Crippen LogP contribution in [0.3, 0.4) is 0 Å². The summed E-state index contributed by atoms with van der Waals surface area (Å²) in [6.45, 7) is 0.0962. The van der Waals surface area contributed by atoms with E-state index in [2.05, 4.69) is 10.2 Å². The van der Waals surface area contributed by atoms with Gasteiger partial charge in [0.15, 0.2) is 5.65 Å². The molecule has 5 aromatic rings. The van der Waals surface area contributed by atoms with Gasteiger partial charge in [-0.2, -0.15) is 9.61 Å². The van der Waals surface area contributed by atoms with Gasteiger partial charge >= 0.3 is 6.09 Å². The maximum absolute atomic E-state index is 12.2. The largest absolute Gasteiger partial charge is 0.465 e. The summed E-state index contributed by atoms with van der Waals surface area (Å²) in [5.41, 5.74) is 4.09. The number of carboxylic acid groups (broad SMARTS) is 1. The van der Waals surface area contributed by atoms with Crippen LogP contribution in [-0.2, 0) is 6.54 Å². The smallest absolute Gasteiger partial charge is 0.414 e. The lowest BCUT2D eigenvalue weighted by molar-refractivity contribution is 0.201. The molecule has 0 radical (unpaired) electrons. The van der Waals surface area contributed by atoms with Gasteiger partial charge in [-0.05, 0) is 35.4 Å². The van der Waals surface area contributed by atoms with Crippen LogP contribution in [0.1, 0.15) is 5.56 Å². The molecule has 0 atom stereocenters. The van der Waals surface area contributed by atoms with E-state index in [0.717, 1.165) is 21.6 Å². The van der Waals surface area contributed by atoms with E-state index in [4.69, 9.17) is 28.3 Å². The number of halogens is 2. The van der Waals surface area contributed by atoms with Gasteiger partial charge in [0.05, 0.1) is 11.6 Å². The first-order valence-electron chi connectivity index (χ1n) is 10.3. The van der Waals surface area contributed by atoms with Gasteiger partial charge < -0.3 is 5.11 Å². The molecule has 1 amide bonds. The molecule has 2 aromatic heterocycles. The molecule has 168 valence electrons. The first-order valence-corrected chi connectivity index (χ1v) is 11.1. The Morgan fingerprint density at radius 1 is 0.882 bits per heavy atom. The third-order valence-electron chi connectivity index (χ3n) is 5.32. The SMILES string of the molecule is O=C(O)N(Cc1ccccc1)c1nnc2cc(-c3ccc(Cl)cc3)c(-c3ccccc3Cl)nn12. The zero-order valence-electron chi connectivity index (χ0n) is 17.6. The van der Waals surface area contributed by atoms with Gasteiger partial charge in [-0.15, -0.1) is 10.2 Å². The predicted molar refractivity (Wildman–Crippen MR) is 132 cm³/mol. The molecule has 0 fully saturated rings. The Morgan fingerprint density at radius 3 is 2.29 bits per heavy atom. The van der Waals surface area contributed by atoms with Crippen molar-refractivity contribution < 1.29 is 9.90 Å². The van der Waals surface area contributed by atoms with E-state index in [1.165, 1.54) is 4.52 Å². The van der Waals surface area contributed by atoms with Crippen LogP contribution in [0.5, 0.6) is 0 Å². The van der Waals surface area contributed by atoms with Crippen molar-refractivity contribution in [1.29, 1.82) is 0 Å². The number of nitrogens with zero attached hydrogens (tertiary/aromatic N) is 5. The summed E-state index contributed by atoms with van der Waals surface area (Å²) in [4.78, 5) is 13.3. The minimum absolute atomic E-state index is 0.0855. The number of fused-ring (bicyclic) bond motifs is 1. The van der Waals surface area contributed by atoms with Crippen molar-refractivity contribution in [3.8, 4) is 22.4 Å². The Bertz CT molecular complexity index is 1490. The monoisotopic (exact) mass is 489 g/mol. The molecule has 0 aliphatic carbocycles. The molecule has 0 saturated carbocycles. The van der Waals surface area contributed by atoms with Crippen LogP contribution in [0.2, 0.25) is 10.0 Å². The number of aromatic nitrogens is 4. The Labute approximate surface area is 204 Å². The third-order valence-corrected chi connectivity index (χ3v) is 5.90. The molecule has 2 heterocycles. The molecule has 34 heavy (non-hydrogen) atoms. The van der Waals surface area contributed by atoms with Crippen molar-refractivity contribution in [3.05, 3.63) is 101 Å². The van der Waals surface area contributed by atoms with E-state index in [1.54, 1.807) is 18.2 Å². The molecule has 5 rings (SSSR count). The van der Waals surface area contributed by atoms with E-state index >= 15 is 0 Å². The van der Waals surface area contributed by atoms with Gasteiger partial charge in [0.1, 0.15) is 5.69 Å². The summed E-state index contributed by atoms with van der Waals surface area (Å²) in [7, 11) is 0. The van der Waals surface area contributed by atoms with Crippen LogP contribution >= 0.6 is 23.2 Å². The fraction of sp³-hybridized carbons (Fsp3) is 0.0400. The number of hydrogen-bond acceptors (Lipinski definition) is 4. The van der Waals surface area contributed by atoms with Crippen molar-refractivity contribution in [3.63, 3.8) is 0 Å². The van der Waals surface area contributed by atoms with Crippen LogP contribution in [-0.4, -0.2) is 31.0 Å². The van der Waals surface area contributed by atoms with Crippen molar-refractivity contribution >= 4 is 40.9 Å². The fourth-order valence-corrected chi connectivity index (χ4v) is 4.03. The Hall–Kier alpha value is -3.94. The second kappa shape index (κ2) is 9.13. The molecule has 0 spiro atoms. The maximum Gasteiger partial charge on any atom is 0.414 e. The van der Waals surface area contributed by atoms with Gasteiger partial charge in [0, 0.05) is 16.1 Å². The average Bonchev–Trinajstić information content (AvgIpc) is 3.25. The van der Waals surface area contributed by atoms with E-state index in [0.29, 0.717) is 26.9 Å². The lowest BCUT2D eigenvalue weighted by Crippen LogP contribution is -2.30. The quantitative estimate of drug-likeness (QED) is 0.306. The Morgan fingerprint density at radius 2 is 1.59 bits per heavy atom. The fourth-order valence-electron chi connectivity index (χ4n) is 3.68. The van der Waals surface area contributed by atoms with Crippen molar-refractivity contribution in [2.75, 3.05) is 4.90 Å². The highest BCUT2D eigenvalue weighted by Crippen LogP contribution is 2.36. The second-order valence-corrected chi connectivity index (χ2v) is 8.36. The number of hydrogen-bond donors (Lipinski definition) is 1. The lowest BCUT2D eigenvalue weighted by Gasteiger charge is -2.17. The molecule has 7 nitrogen and oxygen atoms in total. The number of anilines is 1. The molecule has 3 aromatic carbocycles. The zero-order valence-corrected chi connectivity index (χ0v) is 19.1. The lowest BCUT2D eigenvalue weighted by atomic mass is 10.00. The predicted octanol–water partition coefficient (Wildman–Crippen LogP) is 6.45. The topological polar surface area (TPSA) is 83.6 Å². The van der Waals surface area contributed by atoms with Gasteiger partial charge in [-0.1, -0.05) is 83.9 Å². The summed E-state index contributed by atoms with van der Waals surface area (Å²) in [5, 5.41) is 24.2. The van der Waals surface area contributed by atoms with Crippen LogP contribution < -0.4 is 4.90 Å². The first-order chi connectivity index (χ1) is 16.5. The molecule has 1 N–H and O–H groups in total. The average molecular weight is 490 g/mol. The minimum Gasteiger partial charge on any atom is -0.465 e. The molecular weight excluding hydrogens is 473 g/mol. The first kappa shape index (κ1) is 21.9. The summed E-state index contributed by atoms with van der Waals surface area (Å²) in [5.74, 6) is 0.0855. The maximum atomic E-state index is 12.2. The van der Waals surface area contributed by atoms with Crippen LogP contribution in [0.4, 0.5) is 10.7 Å². The van der Waals surface area contributed by atoms with Gasteiger partial charge in [-0.3, -0.25) is 0 Å². The minimum atomic E-state index is -1.17. The Balaban J connectivity index is 1.71. The highest BCUT2D eigenvalue weighted by Gasteiger charge is 2.24.